The van der Waals surface area contributed by atoms with Crippen LogP contribution in [0.5, 0.6) is 0 Å². The molecular weight excluding hydrogens is 446 g/mol. The number of hydrogen-bond donors (Lipinski definition) is 6. The van der Waals surface area contributed by atoms with E-state index in [2.05, 4.69) is 29.3 Å². The summed E-state index contributed by atoms with van der Waals surface area (Å²) < 4.78 is 5.43. The lowest BCUT2D eigenvalue weighted by molar-refractivity contribution is -0.127. The third-order valence-electron chi connectivity index (χ3n) is 3.48. The fourth-order valence-electron chi connectivity index (χ4n) is 2.37. The molecule has 7 N–H and O–H groups in total. The van der Waals surface area contributed by atoms with Crippen LogP contribution in [-0.4, -0.2) is 83.6 Å². The van der Waals surface area contributed by atoms with Gasteiger partial charge in [0.2, 0.25) is 0 Å². The maximum absolute atomic E-state index is 10.4. The van der Waals surface area contributed by atoms with Crippen LogP contribution in [-0.2, 0) is 9.53 Å². The molecule has 31 heavy (non-hydrogen) atoms. The van der Waals surface area contributed by atoms with E-state index in [0.717, 1.165) is 32.7 Å². The summed E-state index contributed by atoms with van der Waals surface area (Å²) in [5, 5.41) is 24.8. The number of ether oxygens (including phenoxy) is 1. The molecule has 0 radical (unpaired) electrons. The van der Waals surface area contributed by atoms with Gasteiger partial charge in [-0.25, -0.2) is 5.84 Å². The fraction of sp³-hybridized carbons (Fsp3) is 0.737. The first-order valence-corrected chi connectivity index (χ1v) is 10.9. The highest BCUT2D eigenvalue weighted by molar-refractivity contribution is 7.79. The van der Waals surface area contributed by atoms with Crippen LogP contribution in [0.4, 0.5) is 0 Å². The van der Waals surface area contributed by atoms with E-state index in [9.17, 15) is 4.79 Å². The maximum Gasteiger partial charge on any atom is 0.164 e. The standard InChI is InChI=1S/C14H24ClN5O2.C3H8O2.CH4O.CH4S/c1-3-6-19-14(12(16)13(15)18-2)20(17)10-4-5-11(9-10)22-8-7-21;1-3(2,4)5;2*1-2/h7,10-11H,2-6,8-9,16-17H2,1H3;4-5H,1-2H3;2*2H,1H3/b13-12+,19-14?;;;. The third-order valence-corrected chi connectivity index (χ3v) is 3.81. The topological polar surface area (TPSA) is 167 Å². The summed E-state index contributed by atoms with van der Waals surface area (Å²) in [6.07, 6.45) is 5.70. The number of aliphatic imine (C=N–C) groups is 2. The summed E-state index contributed by atoms with van der Waals surface area (Å²) in [6, 6.07) is 0.0279. The molecule has 0 aromatic rings. The minimum absolute atomic E-state index is 0.0203. The molecule has 1 aliphatic rings. The zero-order valence-corrected chi connectivity index (χ0v) is 20.8. The molecule has 0 amide bonds. The number of halogens is 1. The molecule has 0 heterocycles. The zero-order valence-electron chi connectivity index (χ0n) is 19.2. The Kier molecular flexibility index (Phi) is 22.9. The number of nitrogens with zero attached hydrogens (tertiary/aromatic N) is 3. The highest BCUT2D eigenvalue weighted by Crippen LogP contribution is 2.26. The lowest BCUT2D eigenvalue weighted by Gasteiger charge is -2.27. The molecule has 0 saturated heterocycles. The number of hydrogen-bond acceptors (Lipinski definition) is 10. The molecule has 0 bridgehead atoms. The average molecular weight is 486 g/mol. The number of carbonyl (C=O) groups excluding carboxylic acids is 1. The molecule has 0 aromatic heterocycles. The second-order valence-electron chi connectivity index (χ2n) is 6.56. The van der Waals surface area contributed by atoms with Gasteiger partial charge in [-0.15, -0.1) is 0 Å². The van der Waals surface area contributed by atoms with Gasteiger partial charge in [-0.2, -0.15) is 12.6 Å². The lowest BCUT2D eigenvalue weighted by atomic mass is 10.2. The SMILES string of the molecule is C=N/C(Cl)=C(/N)C(=NCCC)N(N)C1CCC(OCC=O)C1.CC(C)(O)O.CO.CS. The van der Waals surface area contributed by atoms with Crippen molar-refractivity contribution in [2.75, 3.05) is 26.5 Å². The molecular formula is C19H40ClN5O5S. The third kappa shape index (κ3) is 18.1. The number of aliphatic hydroxyl groups is 3. The van der Waals surface area contributed by atoms with E-state index in [1.54, 1.807) is 6.26 Å². The monoisotopic (exact) mass is 485 g/mol. The Morgan fingerprint density at radius 3 is 2.29 bits per heavy atom. The zero-order chi connectivity index (χ0) is 25.0. The maximum atomic E-state index is 10.4. The van der Waals surface area contributed by atoms with Crippen molar-refractivity contribution in [3.05, 3.63) is 10.9 Å². The molecule has 1 saturated carbocycles. The summed E-state index contributed by atoms with van der Waals surface area (Å²) in [5.41, 5.74) is 6.19. The van der Waals surface area contributed by atoms with Crippen LogP contribution in [0.15, 0.2) is 20.8 Å². The molecule has 0 aliphatic heterocycles. The van der Waals surface area contributed by atoms with Crippen LogP contribution >= 0.6 is 24.2 Å². The van der Waals surface area contributed by atoms with Gasteiger partial charge in [0.25, 0.3) is 0 Å². The van der Waals surface area contributed by atoms with Crippen molar-refractivity contribution in [1.29, 1.82) is 0 Å². The average Bonchev–Trinajstić information content (AvgIpc) is 3.22. The van der Waals surface area contributed by atoms with Crippen LogP contribution in [0.2, 0.25) is 0 Å². The second-order valence-corrected chi connectivity index (χ2v) is 6.92. The van der Waals surface area contributed by atoms with E-state index in [0.29, 0.717) is 18.8 Å². The summed E-state index contributed by atoms with van der Waals surface area (Å²) in [6.45, 7) is 8.66. The molecule has 2 unspecified atom stereocenters. The number of rotatable bonds is 8. The summed E-state index contributed by atoms with van der Waals surface area (Å²) in [5.74, 6) is 5.11. The minimum atomic E-state index is -1.50. The Hall–Kier alpha value is -1.21. The van der Waals surface area contributed by atoms with Crippen molar-refractivity contribution >= 4 is 43.1 Å². The predicted molar refractivity (Wildman–Crippen MR) is 130 cm³/mol. The highest BCUT2D eigenvalue weighted by Gasteiger charge is 2.31. The van der Waals surface area contributed by atoms with Crippen molar-refractivity contribution in [2.24, 2.45) is 21.6 Å². The summed E-state index contributed by atoms with van der Waals surface area (Å²) >= 11 is 9.46. The molecule has 1 fully saturated rings. The Labute approximate surface area is 196 Å². The van der Waals surface area contributed by atoms with E-state index < -0.39 is 5.79 Å². The Morgan fingerprint density at radius 1 is 1.35 bits per heavy atom. The van der Waals surface area contributed by atoms with E-state index in [-0.39, 0.29) is 29.6 Å². The normalized spacial score (nSPS) is 18.7. The quantitative estimate of drug-likeness (QED) is 0.0433. The Bertz CT molecular complexity index is 538. The van der Waals surface area contributed by atoms with Gasteiger partial charge >= 0.3 is 0 Å². The van der Waals surface area contributed by atoms with Crippen molar-refractivity contribution in [2.45, 2.75) is 64.4 Å². The minimum Gasteiger partial charge on any atom is -0.400 e. The molecule has 0 aromatic carbocycles. The molecule has 0 spiro atoms. The van der Waals surface area contributed by atoms with E-state index >= 15 is 0 Å². The summed E-state index contributed by atoms with van der Waals surface area (Å²) in [4.78, 5) is 18.4. The molecule has 10 nitrogen and oxygen atoms in total. The van der Waals surface area contributed by atoms with Gasteiger partial charge in [-0.3, -0.25) is 15.0 Å². The molecule has 184 valence electrons. The largest absolute Gasteiger partial charge is 0.400 e. The van der Waals surface area contributed by atoms with Crippen molar-refractivity contribution in [1.82, 2.24) is 5.01 Å². The van der Waals surface area contributed by atoms with Gasteiger partial charge in [0.1, 0.15) is 18.6 Å². The van der Waals surface area contributed by atoms with Gasteiger partial charge in [-0.05, 0) is 52.5 Å². The van der Waals surface area contributed by atoms with Gasteiger partial charge in [0.15, 0.2) is 16.8 Å². The van der Waals surface area contributed by atoms with Crippen molar-refractivity contribution < 1.29 is 24.9 Å². The van der Waals surface area contributed by atoms with Crippen LogP contribution in [0.25, 0.3) is 0 Å². The Balaban J connectivity index is -0.000000747. The van der Waals surface area contributed by atoms with Gasteiger partial charge in [0, 0.05) is 19.7 Å². The second kappa shape index (κ2) is 20.7. The van der Waals surface area contributed by atoms with Crippen molar-refractivity contribution in [3.63, 3.8) is 0 Å². The van der Waals surface area contributed by atoms with Crippen LogP contribution in [0, 0.1) is 0 Å². The first kappa shape index (κ1) is 34.4. The van der Waals surface area contributed by atoms with E-state index in [1.807, 2.05) is 6.92 Å². The van der Waals surface area contributed by atoms with E-state index in [1.165, 1.54) is 18.9 Å². The first-order chi connectivity index (χ1) is 14.5. The number of nitrogens with two attached hydrogens (primary N) is 2. The number of hydrazine groups is 1. The van der Waals surface area contributed by atoms with Gasteiger partial charge in [-0.1, -0.05) is 18.5 Å². The molecule has 1 aliphatic carbocycles. The van der Waals surface area contributed by atoms with Gasteiger partial charge in [0.05, 0.1) is 6.10 Å². The van der Waals surface area contributed by atoms with Crippen LogP contribution in [0.1, 0.15) is 46.5 Å². The first-order valence-electron chi connectivity index (χ1n) is 9.65. The number of carbonyl (C=O) groups is 1. The predicted octanol–water partition coefficient (Wildman–Crippen LogP) is 1.04. The summed E-state index contributed by atoms with van der Waals surface area (Å²) in [7, 11) is 1.00. The molecule has 2 atom stereocenters. The molecule has 12 heteroatoms. The fourth-order valence-corrected chi connectivity index (χ4v) is 2.46. The number of aliphatic hydroxyl groups excluding tert-OH is 1. The number of aldehydes is 1. The number of amidine groups is 1. The smallest absolute Gasteiger partial charge is 0.164 e. The molecule has 1 rings (SSSR count). The van der Waals surface area contributed by atoms with Crippen molar-refractivity contribution in [3.8, 4) is 0 Å². The van der Waals surface area contributed by atoms with Crippen LogP contribution in [0.3, 0.4) is 0 Å². The number of thiol groups is 1. The lowest BCUT2D eigenvalue weighted by Crippen LogP contribution is -2.47. The Morgan fingerprint density at radius 2 is 1.87 bits per heavy atom. The highest BCUT2D eigenvalue weighted by atomic mass is 35.5. The van der Waals surface area contributed by atoms with Crippen LogP contribution < -0.4 is 11.6 Å². The van der Waals surface area contributed by atoms with E-state index in [4.69, 9.17) is 43.2 Å². The van der Waals surface area contributed by atoms with Gasteiger partial charge < -0.3 is 30.6 Å².